The van der Waals surface area contributed by atoms with Crippen molar-refractivity contribution in [3.8, 4) is 11.5 Å². The molecular formula is C28H29N11O3. The maximum atomic E-state index is 11.1. The van der Waals surface area contributed by atoms with E-state index in [1.54, 1.807) is 62.7 Å². The van der Waals surface area contributed by atoms with Crippen LogP contribution in [0.5, 0.6) is 11.5 Å². The van der Waals surface area contributed by atoms with E-state index in [1.165, 1.54) is 9.58 Å². The topological polar surface area (TPSA) is 176 Å². The van der Waals surface area contributed by atoms with Gasteiger partial charge in [-0.2, -0.15) is 10.2 Å². The van der Waals surface area contributed by atoms with Gasteiger partial charge in [-0.3, -0.25) is 0 Å². The normalized spacial score (nSPS) is 12.4. The zero-order valence-corrected chi connectivity index (χ0v) is 23.2. The summed E-state index contributed by atoms with van der Waals surface area (Å²) in [6.07, 6.45) is 3.18. The van der Waals surface area contributed by atoms with E-state index in [4.69, 9.17) is 0 Å². The lowest BCUT2D eigenvalue weighted by Crippen LogP contribution is -2.21. The van der Waals surface area contributed by atoms with Gasteiger partial charge in [0.15, 0.2) is 11.6 Å². The zero-order chi connectivity index (χ0) is 29.6. The number of hydrogen-bond acceptors (Lipinski definition) is 12. The van der Waals surface area contributed by atoms with Crippen LogP contribution in [0.4, 0.5) is 5.69 Å². The molecule has 0 atom stereocenters. The number of tetrazole rings is 2. The molecule has 0 saturated carbocycles. The van der Waals surface area contributed by atoms with Gasteiger partial charge in [-0.1, -0.05) is 12.1 Å². The van der Waals surface area contributed by atoms with Crippen LogP contribution in [0.3, 0.4) is 0 Å². The molecule has 0 aliphatic rings. The molecule has 3 aromatic carbocycles. The standard InChI is InChI=1S/C28H29N11O3/c1-18-31-33-35-38(18)29-16-20-7-9-26(41)24(13-20)28(22-5-4-6-23(15-22)37(3)11-12-40)25-14-21(8-10-27(25)42)17-30-39-19(2)32-34-36-39/h4-10,13-17,28,40-42H,11-12H2,1-3H3. The summed E-state index contributed by atoms with van der Waals surface area (Å²) in [5.74, 6) is 0.512. The Bertz CT molecular complexity index is 1640. The van der Waals surface area contributed by atoms with Gasteiger partial charge in [0.05, 0.1) is 19.0 Å². The fourth-order valence-corrected chi connectivity index (χ4v) is 4.43. The summed E-state index contributed by atoms with van der Waals surface area (Å²) in [6, 6.07) is 18.0. The van der Waals surface area contributed by atoms with Crippen molar-refractivity contribution in [2.24, 2.45) is 10.2 Å². The molecule has 0 aliphatic heterocycles. The van der Waals surface area contributed by atoms with Gasteiger partial charge in [0.2, 0.25) is 0 Å². The van der Waals surface area contributed by atoms with Crippen LogP contribution in [0.1, 0.15) is 45.4 Å². The minimum Gasteiger partial charge on any atom is -0.508 e. The third kappa shape index (κ3) is 6.13. The summed E-state index contributed by atoms with van der Waals surface area (Å²) in [7, 11) is 1.88. The number of rotatable bonds is 10. The monoisotopic (exact) mass is 567 g/mol. The van der Waals surface area contributed by atoms with Gasteiger partial charge >= 0.3 is 0 Å². The Balaban J connectivity index is 1.63. The van der Waals surface area contributed by atoms with E-state index in [1.807, 2.05) is 36.2 Å². The van der Waals surface area contributed by atoms with E-state index < -0.39 is 5.92 Å². The SMILES string of the molecule is Cc1nnnn1N=Cc1ccc(O)c(C(c2cccc(N(C)CCO)c2)c2cc(C=Nn3nnnc3C)ccc2O)c1. The molecule has 0 radical (unpaired) electrons. The Morgan fingerprint density at radius 2 is 1.36 bits per heavy atom. The van der Waals surface area contributed by atoms with E-state index in [0.717, 1.165) is 11.3 Å². The van der Waals surface area contributed by atoms with E-state index in [0.29, 0.717) is 40.4 Å². The fourth-order valence-electron chi connectivity index (χ4n) is 4.43. The maximum Gasteiger partial charge on any atom is 0.173 e. The van der Waals surface area contributed by atoms with Crippen molar-refractivity contribution in [1.29, 1.82) is 0 Å². The predicted octanol–water partition coefficient (Wildman–Crippen LogP) is 2.06. The lowest BCUT2D eigenvalue weighted by Gasteiger charge is -2.24. The second kappa shape index (κ2) is 12.3. The molecule has 0 fully saturated rings. The van der Waals surface area contributed by atoms with Crippen LogP contribution in [-0.4, -0.2) is 88.6 Å². The molecule has 3 N–H and O–H groups in total. The van der Waals surface area contributed by atoms with Crippen molar-refractivity contribution in [3.05, 3.63) is 100 Å². The summed E-state index contributed by atoms with van der Waals surface area (Å²) >= 11 is 0. The maximum absolute atomic E-state index is 11.1. The van der Waals surface area contributed by atoms with Crippen LogP contribution >= 0.6 is 0 Å². The number of hydrogen-bond donors (Lipinski definition) is 3. The third-order valence-electron chi connectivity index (χ3n) is 6.64. The Hall–Kier alpha value is -5.50. The lowest BCUT2D eigenvalue weighted by molar-refractivity contribution is 0.304. The summed E-state index contributed by atoms with van der Waals surface area (Å²) in [4.78, 5) is 4.52. The van der Waals surface area contributed by atoms with Crippen LogP contribution < -0.4 is 4.90 Å². The molecule has 5 aromatic rings. The predicted molar refractivity (Wildman–Crippen MR) is 155 cm³/mol. The number of benzene rings is 3. The van der Waals surface area contributed by atoms with Gasteiger partial charge < -0.3 is 20.2 Å². The largest absolute Gasteiger partial charge is 0.508 e. The van der Waals surface area contributed by atoms with Gasteiger partial charge in [0.1, 0.15) is 11.5 Å². The smallest absolute Gasteiger partial charge is 0.173 e. The highest BCUT2D eigenvalue weighted by Gasteiger charge is 2.24. The van der Waals surface area contributed by atoms with E-state index in [2.05, 4.69) is 41.3 Å². The quantitative estimate of drug-likeness (QED) is 0.167. The molecule has 42 heavy (non-hydrogen) atoms. The van der Waals surface area contributed by atoms with E-state index in [-0.39, 0.29) is 18.1 Å². The molecule has 2 aromatic heterocycles. The summed E-state index contributed by atoms with van der Waals surface area (Å²) < 4.78 is 0. The number of phenolic OH excluding ortho intramolecular Hbond substituents is 2. The number of aliphatic hydroxyl groups excluding tert-OH is 1. The van der Waals surface area contributed by atoms with Gasteiger partial charge in [-0.05, 0) is 99.9 Å². The number of phenols is 2. The summed E-state index contributed by atoms with van der Waals surface area (Å²) in [5.41, 5.74) is 4.11. The number of aromatic nitrogens is 8. The lowest BCUT2D eigenvalue weighted by atomic mass is 9.82. The highest BCUT2D eigenvalue weighted by atomic mass is 16.3. The van der Waals surface area contributed by atoms with Crippen molar-refractivity contribution in [2.75, 3.05) is 25.1 Å². The van der Waals surface area contributed by atoms with Gasteiger partial charge in [0.25, 0.3) is 0 Å². The first-order valence-corrected chi connectivity index (χ1v) is 13.0. The highest BCUT2D eigenvalue weighted by molar-refractivity contribution is 5.82. The van der Waals surface area contributed by atoms with Crippen LogP contribution in [0.2, 0.25) is 0 Å². The first-order chi connectivity index (χ1) is 20.3. The molecule has 0 spiro atoms. The number of aromatic hydroxyl groups is 2. The first-order valence-electron chi connectivity index (χ1n) is 13.0. The molecular weight excluding hydrogens is 538 g/mol. The molecule has 0 bridgehead atoms. The molecule has 0 unspecified atom stereocenters. The third-order valence-corrected chi connectivity index (χ3v) is 6.64. The van der Waals surface area contributed by atoms with Crippen molar-refractivity contribution >= 4 is 18.1 Å². The molecule has 0 saturated heterocycles. The van der Waals surface area contributed by atoms with Gasteiger partial charge in [-0.25, -0.2) is 0 Å². The van der Waals surface area contributed by atoms with Crippen LogP contribution in [-0.2, 0) is 0 Å². The first kappa shape index (κ1) is 28.0. The number of anilines is 1. The van der Waals surface area contributed by atoms with Gasteiger partial charge in [0, 0.05) is 36.3 Å². The van der Waals surface area contributed by atoms with Crippen LogP contribution in [0, 0.1) is 13.8 Å². The minimum absolute atomic E-state index is 0.00394. The number of nitrogens with zero attached hydrogens (tertiary/aromatic N) is 11. The zero-order valence-electron chi connectivity index (χ0n) is 23.2. The Kier molecular flexibility index (Phi) is 8.24. The average Bonchev–Trinajstić information content (AvgIpc) is 3.60. The Morgan fingerprint density at radius 1 is 0.810 bits per heavy atom. The fraction of sp³-hybridized carbons (Fsp3) is 0.214. The highest BCUT2D eigenvalue weighted by Crippen LogP contribution is 2.41. The molecule has 14 nitrogen and oxygen atoms in total. The molecule has 0 aliphatic carbocycles. The Morgan fingerprint density at radius 3 is 1.83 bits per heavy atom. The molecule has 2 heterocycles. The van der Waals surface area contributed by atoms with Crippen molar-refractivity contribution < 1.29 is 15.3 Å². The molecule has 0 amide bonds. The average molecular weight is 568 g/mol. The molecule has 5 rings (SSSR count). The Labute approximate surface area is 240 Å². The van der Waals surface area contributed by atoms with Crippen molar-refractivity contribution in [1.82, 2.24) is 40.6 Å². The van der Waals surface area contributed by atoms with Crippen LogP contribution in [0.25, 0.3) is 0 Å². The van der Waals surface area contributed by atoms with E-state index in [9.17, 15) is 15.3 Å². The second-order valence-electron chi connectivity index (χ2n) is 9.53. The molecule has 214 valence electrons. The van der Waals surface area contributed by atoms with Crippen molar-refractivity contribution in [3.63, 3.8) is 0 Å². The second-order valence-corrected chi connectivity index (χ2v) is 9.53. The number of likely N-dealkylation sites (N-methyl/N-ethyl adjacent to an activating group) is 1. The number of aliphatic hydroxyl groups is 1. The van der Waals surface area contributed by atoms with E-state index >= 15 is 0 Å². The molecule has 14 heteroatoms. The van der Waals surface area contributed by atoms with Crippen molar-refractivity contribution in [2.45, 2.75) is 19.8 Å². The minimum atomic E-state index is -0.598. The van der Waals surface area contributed by atoms with Gasteiger partial charge in [-0.15, -0.1) is 19.8 Å². The number of aryl methyl sites for hydroxylation is 2. The van der Waals surface area contributed by atoms with Crippen LogP contribution in [0.15, 0.2) is 70.9 Å². The summed E-state index contributed by atoms with van der Waals surface area (Å²) in [5, 5.41) is 62.9. The summed E-state index contributed by atoms with van der Waals surface area (Å²) in [6.45, 7) is 3.90.